The Balaban J connectivity index is 1.36. The highest BCUT2D eigenvalue weighted by Gasteiger charge is 2.27. The molecule has 4 rings (SSSR count). The number of nitrogens with zero attached hydrogens (tertiary/aromatic N) is 2. The number of methoxy groups -OCH3 is 1. The van der Waals surface area contributed by atoms with E-state index in [1.54, 1.807) is 25.4 Å². The van der Waals surface area contributed by atoms with Crippen LogP contribution in [0.15, 0.2) is 59.1 Å². The fraction of sp³-hybridized carbons (Fsp3) is 0.333. The lowest BCUT2D eigenvalue weighted by Crippen LogP contribution is -2.32. The van der Waals surface area contributed by atoms with Crippen LogP contribution in [-0.4, -0.2) is 29.4 Å². The average molecular weight is 408 g/mol. The van der Waals surface area contributed by atoms with E-state index in [-0.39, 0.29) is 11.7 Å². The van der Waals surface area contributed by atoms with E-state index in [1.165, 1.54) is 12.1 Å². The minimum Gasteiger partial charge on any atom is -0.497 e. The van der Waals surface area contributed by atoms with Gasteiger partial charge in [0.1, 0.15) is 11.6 Å². The van der Waals surface area contributed by atoms with Gasteiger partial charge >= 0.3 is 0 Å². The number of aryl methyl sites for hydroxylation is 1. The smallest absolute Gasteiger partial charge is 0.223 e. The first-order valence-corrected chi connectivity index (χ1v) is 10.2. The zero-order valence-corrected chi connectivity index (χ0v) is 17.0. The van der Waals surface area contributed by atoms with Crippen LogP contribution in [-0.2, 0) is 17.8 Å². The first-order valence-electron chi connectivity index (χ1n) is 10.2. The fourth-order valence-corrected chi connectivity index (χ4v) is 3.36. The van der Waals surface area contributed by atoms with E-state index in [1.807, 2.05) is 29.2 Å². The average Bonchev–Trinajstić information content (AvgIpc) is 3.47. The van der Waals surface area contributed by atoms with Crippen molar-refractivity contribution in [3.05, 3.63) is 72.0 Å². The normalized spacial score (nSPS) is 13.3. The number of benzene rings is 2. The van der Waals surface area contributed by atoms with E-state index in [4.69, 9.17) is 9.15 Å². The molecule has 1 aliphatic rings. The topological polar surface area (TPSA) is 55.6 Å². The van der Waals surface area contributed by atoms with Crippen LogP contribution in [0.4, 0.5) is 4.39 Å². The van der Waals surface area contributed by atoms with Gasteiger partial charge < -0.3 is 14.1 Å². The van der Waals surface area contributed by atoms with Crippen molar-refractivity contribution in [3.63, 3.8) is 0 Å². The summed E-state index contributed by atoms with van der Waals surface area (Å²) in [6, 6.07) is 13.9. The van der Waals surface area contributed by atoms with Gasteiger partial charge in [0, 0.05) is 31.5 Å². The van der Waals surface area contributed by atoms with Crippen LogP contribution < -0.4 is 4.74 Å². The van der Waals surface area contributed by atoms with Crippen LogP contribution in [0.3, 0.4) is 0 Å². The van der Waals surface area contributed by atoms with Crippen molar-refractivity contribution < 1.29 is 18.3 Å². The second-order valence-corrected chi connectivity index (χ2v) is 7.69. The maximum absolute atomic E-state index is 13.2. The zero-order chi connectivity index (χ0) is 20.9. The Kier molecular flexibility index (Phi) is 6.12. The summed E-state index contributed by atoms with van der Waals surface area (Å²) in [6.07, 6.45) is 4.79. The van der Waals surface area contributed by atoms with Gasteiger partial charge in [0.15, 0.2) is 11.7 Å². The molecule has 0 atom stereocenters. The zero-order valence-electron chi connectivity index (χ0n) is 17.0. The maximum Gasteiger partial charge on any atom is 0.223 e. The number of amides is 1. The highest BCUT2D eigenvalue weighted by Crippen LogP contribution is 2.30. The molecule has 1 heterocycles. The van der Waals surface area contributed by atoms with Gasteiger partial charge in [-0.25, -0.2) is 9.37 Å². The number of carbonyl (C=O) groups is 1. The molecule has 0 spiro atoms. The second kappa shape index (κ2) is 9.11. The Morgan fingerprint density at radius 1 is 1.17 bits per heavy atom. The number of aromatic nitrogens is 1. The van der Waals surface area contributed by atoms with Crippen molar-refractivity contribution in [2.24, 2.45) is 5.92 Å². The van der Waals surface area contributed by atoms with Crippen LogP contribution in [0, 0.1) is 11.7 Å². The van der Waals surface area contributed by atoms with Gasteiger partial charge in [-0.3, -0.25) is 4.79 Å². The first kappa shape index (κ1) is 20.1. The lowest BCUT2D eigenvalue weighted by molar-refractivity contribution is -0.132. The minimum atomic E-state index is -0.268. The molecular formula is C24H25FN2O3. The molecule has 0 radical (unpaired) electrons. The van der Waals surface area contributed by atoms with Gasteiger partial charge in [-0.15, -0.1) is 0 Å². The third-order valence-electron chi connectivity index (χ3n) is 5.30. The molecule has 0 aliphatic heterocycles. The van der Waals surface area contributed by atoms with Crippen LogP contribution in [0.25, 0.3) is 11.3 Å². The number of oxazole rings is 1. The minimum absolute atomic E-state index is 0.0652. The van der Waals surface area contributed by atoms with E-state index in [9.17, 15) is 9.18 Å². The van der Waals surface area contributed by atoms with Crippen molar-refractivity contribution in [1.82, 2.24) is 9.88 Å². The van der Waals surface area contributed by atoms with E-state index in [2.05, 4.69) is 4.98 Å². The Labute approximate surface area is 175 Å². The van der Waals surface area contributed by atoms with Gasteiger partial charge in [-0.05, 0) is 60.7 Å². The summed E-state index contributed by atoms with van der Waals surface area (Å²) in [4.78, 5) is 19.1. The molecule has 3 aromatic rings. The van der Waals surface area contributed by atoms with Crippen LogP contribution >= 0.6 is 0 Å². The van der Waals surface area contributed by atoms with Crippen LogP contribution in [0.5, 0.6) is 5.75 Å². The number of hydrogen-bond acceptors (Lipinski definition) is 4. The van der Waals surface area contributed by atoms with Gasteiger partial charge in [0.2, 0.25) is 5.91 Å². The molecule has 1 fully saturated rings. The number of rotatable bonds is 9. The van der Waals surface area contributed by atoms with Gasteiger partial charge in [-0.1, -0.05) is 12.1 Å². The SMILES string of the molecule is COc1ccc(-c2cnc(CCC(=O)N(Cc3ccc(F)cc3)CC3CC3)o2)cc1. The van der Waals surface area contributed by atoms with Crippen molar-refractivity contribution in [1.29, 1.82) is 0 Å². The van der Waals surface area contributed by atoms with Gasteiger partial charge in [0.05, 0.1) is 13.3 Å². The summed E-state index contributed by atoms with van der Waals surface area (Å²) in [5.74, 6) is 2.37. The molecule has 2 aromatic carbocycles. The second-order valence-electron chi connectivity index (χ2n) is 7.69. The van der Waals surface area contributed by atoms with Crippen LogP contribution in [0.2, 0.25) is 0 Å². The fourth-order valence-electron chi connectivity index (χ4n) is 3.36. The molecule has 0 saturated heterocycles. The summed E-state index contributed by atoms with van der Waals surface area (Å²) >= 11 is 0. The molecule has 1 amide bonds. The monoisotopic (exact) mass is 408 g/mol. The van der Waals surface area contributed by atoms with Gasteiger partial charge in [0.25, 0.3) is 0 Å². The van der Waals surface area contributed by atoms with E-state index < -0.39 is 0 Å². The Bertz CT molecular complexity index is 978. The summed E-state index contributed by atoms with van der Waals surface area (Å²) in [5, 5.41) is 0. The van der Waals surface area contributed by atoms with E-state index in [0.29, 0.717) is 37.0 Å². The Hall–Kier alpha value is -3.15. The predicted octanol–water partition coefficient (Wildman–Crippen LogP) is 4.86. The quantitative estimate of drug-likeness (QED) is 0.507. The highest BCUT2D eigenvalue weighted by molar-refractivity contribution is 5.76. The van der Waals surface area contributed by atoms with Crippen molar-refractivity contribution in [2.75, 3.05) is 13.7 Å². The summed E-state index contributed by atoms with van der Waals surface area (Å²) in [7, 11) is 1.63. The molecule has 0 bridgehead atoms. The largest absolute Gasteiger partial charge is 0.497 e. The number of halogens is 1. The summed E-state index contributed by atoms with van der Waals surface area (Å²) in [5.41, 5.74) is 1.84. The molecule has 156 valence electrons. The molecular weight excluding hydrogens is 383 g/mol. The number of hydrogen-bond donors (Lipinski definition) is 0. The number of ether oxygens (including phenoxy) is 1. The lowest BCUT2D eigenvalue weighted by atomic mass is 10.2. The predicted molar refractivity (Wildman–Crippen MR) is 111 cm³/mol. The third kappa shape index (κ3) is 5.26. The molecule has 5 nitrogen and oxygen atoms in total. The Morgan fingerprint density at radius 3 is 2.57 bits per heavy atom. The number of carbonyl (C=O) groups excluding carboxylic acids is 1. The molecule has 1 aliphatic carbocycles. The highest BCUT2D eigenvalue weighted by atomic mass is 19.1. The standard InChI is InChI=1S/C24H25FN2O3/c1-29-21-10-6-19(7-11-21)22-14-26-23(30-22)12-13-24(28)27(15-17-2-3-17)16-18-4-8-20(25)9-5-18/h4-11,14,17H,2-3,12-13,15-16H2,1H3. The molecule has 30 heavy (non-hydrogen) atoms. The van der Waals surface area contributed by atoms with E-state index >= 15 is 0 Å². The molecule has 0 unspecified atom stereocenters. The summed E-state index contributed by atoms with van der Waals surface area (Å²) < 4.78 is 24.2. The van der Waals surface area contributed by atoms with Crippen molar-refractivity contribution in [3.8, 4) is 17.1 Å². The van der Waals surface area contributed by atoms with Crippen molar-refractivity contribution in [2.45, 2.75) is 32.2 Å². The first-order chi connectivity index (χ1) is 14.6. The van der Waals surface area contributed by atoms with Gasteiger partial charge in [-0.2, -0.15) is 0 Å². The Morgan fingerprint density at radius 2 is 1.90 bits per heavy atom. The summed E-state index contributed by atoms with van der Waals surface area (Å²) in [6.45, 7) is 1.25. The lowest BCUT2D eigenvalue weighted by Gasteiger charge is -2.22. The third-order valence-corrected chi connectivity index (χ3v) is 5.30. The van der Waals surface area contributed by atoms with Crippen LogP contribution in [0.1, 0.15) is 30.7 Å². The maximum atomic E-state index is 13.2. The molecule has 1 aromatic heterocycles. The molecule has 1 saturated carbocycles. The molecule has 0 N–H and O–H groups in total. The molecule has 6 heteroatoms. The van der Waals surface area contributed by atoms with E-state index in [0.717, 1.165) is 36.3 Å². The van der Waals surface area contributed by atoms with Crippen molar-refractivity contribution >= 4 is 5.91 Å².